The molecule has 0 saturated heterocycles. The van der Waals surface area contributed by atoms with E-state index in [4.69, 9.17) is 8.94 Å². The maximum Gasteiger partial charge on any atom is 0.416 e. The van der Waals surface area contributed by atoms with Gasteiger partial charge >= 0.3 is 6.18 Å². The second-order valence-corrected chi connectivity index (χ2v) is 5.77. The maximum atomic E-state index is 12.6. The van der Waals surface area contributed by atoms with Crippen LogP contribution in [-0.2, 0) is 19.3 Å². The quantitative estimate of drug-likeness (QED) is 0.686. The highest BCUT2D eigenvalue weighted by atomic mass is 19.4. The van der Waals surface area contributed by atoms with E-state index in [1.807, 2.05) is 31.0 Å². The third-order valence-electron chi connectivity index (χ3n) is 3.57. The predicted octanol–water partition coefficient (Wildman–Crippen LogP) is 4.29. The summed E-state index contributed by atoms with van der Waals surface area (Å²) in [5.41, 5.74) is -0.249. The molecule has 0 unspecified atom stereocenters. The molecule has 0 bridgehead atoms. The van der Waals surface area contributed by atoms with Crippen molar-refractivity contribution in [1.29, 1.82) is 0 Å². The molecule has 5 nitrogen and oxygen atoms in total. The first-order chi connectivity index (χ1) is 11.8. The first-order valence-electron chi connectivity index (χ1n) is 7.55. The van der Waals surface area contributed by atoms with Crippen molar-refractivity contribution in [2.45, 2.75) is 26.2 Å². The van der Waals surface area contributed by atoms with Crippen molar-refractivity contribution in [3.63, 3.8) is 0 Å². The highest BCUT2D eigenvalue weighted by molar-refractivity contribution is 5.54. The van der Waals surface area contributed by atoms with E-state index in [-0.39, 0.29) is 5.82 Å². The summed E-state index contributed by atoms with van der Waals surface area (Å²) in [6, 6.07) is 8.43. The molecule has 1 aromatic carbocycles. The Morgan fingerprint density at radius 3 is 2.36 bits per heavy atom. The zero-order valence-corrected chi connectivity index (χ0v) is 13.7. The molecule has 0 radical (unpaired) electrons. The van der Waals surface area contributed by atoms with Gasteiger partial charge in [-0.25, -0.2) is 0 Å². The van der Waals surface area contributed by atoms with Gasteiger partial charge in [0.05, 0.1) is 18.7 Å². The first-order valence-corrected chi connectivity index (χ1v) is 7.55. The van der Waals surface area contributed by atoms with Crippen LogP contribution < -0.4 is 0 Å². The van der Waals surface area contributed by atoms with E-state index in [1.54, 1.807) is 0 Å². The average Bonchev–Trinajstić information content (AvgIpc) is 3.16. The van der Waals surface area contributed by atoms with E-state index in [2.05, 4.69) is 10.1 Å². The van der Waals surface area contributed by atoms with Gasteiger partial charge in [-0.2, -0.15) is 18.2 Å². The van der Waals surface area contributed by atoms with Gasteiger partial charge in [0.2, 0.25) is 11.7 Å². The van der Waals surface area contributed by atoms with Crippen LogP contribution in [0, 0.1) is 6.92 Å². The van der Waals surface area contributed by atoms with Gasteiger partial charge in [0.15, 0.2) is 0 Å². The Morgan fingerprint density at radius 1 is 1.04 bits per heavy atom. The molecule has 0 spiro atoms. The normalized spacial score (nSPS) is 12.1. The van der Waals surface area contributed by atoms with Gasteiger partial charge in [-0.05, 0) is 38.2 Å². The smallest absolute Gasteiger partial charge is 0.416 e. The van der Waals surface area contributed by atoms with E-state index in [9.17, 15) is 13.2 Å². The molecule has 0 aliphatic rings. The van der Waals surface area contributed by atoms with Crippen LogP contribution in [0.25, 0.3) is 11.4 Å². The Labute approximate surface area is 142 Å². The summed E-state index contributed by atoms with van der Waals surface area (Å²) in [7, 11) is 1.87. The van der Waals surface area contributed by atoms with Crippen molar-refractivity contribution in [1.82, 2.24) is 15.0 Å². The molecule has 3 rings (SSSR count). The van der Waals surface area contributed by atoms with Crippen molar-refractivity contribution in [2.24, 2.45) is 0 Å². The zero-order valence-electron chi connectivity index (χ0n) is 13.7. The first kappa shape index (κ1) is 17.2. The Balaban J connectivity index is 1.65. The molecule has 2 aromatic heterocycles. The molecule has 0 saturated carbocycles. The van der Waals surface area contributed by atoms with Gasteiger partial charge in [0.25, 0.3) is 0 Å². The van der Waals surface area contributed by atoms with Gasteiger partial charge in [0.1, 0.15) is 11.5 Å². The fourth-order valence-corrected chi connectivity index (χ4v) is 2.37. The van der Waals surface area contributed by atoms with Crippen LogP contribution in [0.2, 0.25) is 0 Å². The SMILES string of the molecule is Cc1ccc(CN(C)Cc2nc(-c3ccc(C(F)(F)F)cc3)no2)o1. The molecule has 0 aliphatic carbocycles. The number of benzene rings is 1. The Morgan fingerprint density at radius 2 is 1.76 bits per heavy atom. The minimum absolute atomic E-state index is 0.256. The summed E-state index contributed by atoms with van der Waals surface area (Å²) >= 11 is 0. The summed E-state index contributed by atoms with van der Waals surface area (Å²) in [4.78, 5) is 6.16. The lowest BCUT2D eigenvalue weighted by Gasteiger charge is -2.11. The van der Waals surface area contributed by atoms with Crippen molar-refractivity contribution in [3.05, 3.63) is 59.4 Å². The van der Waals surface area contributed by atoms with Crippen LogP contribution in [0.1, 0.15) is 23.0 Å². The van der Waals surface area contributed by atoms with Crippen LogP contribution in [-0.4, -0.2) is 22.1 Å². The maximum absolute atomic E-state index is 12.6. The predicted molar refractivity (Wildman–Crippen MR) is 83.4 cm³/mol. The number of furan rings is 1. The number of nitrogens with zero attached hydrogens (tertiary/aromatic N) is 3. The molecule has 8 heteroatoms. The molecule has 0 amide bonds. The standard InChI is InChI=1S/C17H16F3N3O2/c1-11-3-8-14(24-11)9-23(2)10-15-21-16(22-25-15)12-4-6-13(7-5-12)17(18,19)20/h3-8H,9-10H2,1-2H3. The second-order valence-electron chi connectivity index (χ2n) is 5.77. The highest BCUT2D eigenvalue weighted by Crippen LogP contribution is 2.30. The van der Waals surface area contributed by atoms with Crippen molar-refractivity contribution in [3.8, 4) is 11.4 Å². The summed E-state index contributed by atoms with van der Waals surface area (Å²) in [6.07, 6.45) is -4.37. The monoisotopic (exact) mass is 351 g/mol. The molecule has 0 fully saturated rings. The number of rotatable bonds is 5. The van der Waals surface area contributed by atoms with Crippen LogP contribution in [0.15, 0.2) is 45.3 Å². The van der Waals surface area contributed by atoms with E-state index in [1.165, 1.54) is 12.1 Å². The highest BCUT2D eigenvalue weighted by Gasteiger charge is 2.30. The lowest BCUT2D eigenvalue weighted by atomic mass is 10.1. The molecule has 0 N–H and O–H groups in total. The lowest BCUT2D eigenvalue weighted by Crippen LogP contribution is -2.17. The number of hydrogen-bond acceptors (Lipinski definition) is 5. The molecular weight excluding hydrogens is 335 g/mol. The number of halogens is 3. The summed E-state index contributed by atoms with van der Waals surface area (Å²) < 4.78 is 48.4. The number of hydrogen-bond donors (Lipinski definition) is 0. The van der Waals surface area contributed by atoms with Crippen LogP contribution in [0.5, 0.6) is 0 Å². The second kappa shape index (κ2) is 6.72. The zero-order chi connectivity index (χ0) is 18.0. The van der Waals surface area contributed by atoms with Crippen LogP contribution >= 0.6 is 0 Å². The van der Waals surface area contributed by atoms with Gasteiger partial charge < -0.3 is 8.94 Å². The Bertz CT molecular complexity index is 837. The molecule has 25 heavy (non-hydrogen) atoms. The average molecular weight is 351 g/mol. The molecule has 132 valence electrons. The lowest BCUT2D eigenvalue weighted by molar-refractivity contribution is -0.137. The van der Waals surface area contributed by atoms with Crippen molar-refractivity contribution >= 4 is 0 Å². The molecular formula is C17H16F3N3O2. The van der Waals surface area contributed by atoms with E-state index in [0.717, 1.165) is 23.7 Å². The summed E-state index contributed by atoms with van der Waals surface area (Å²) in [5.74, 6) is 2.29. The van der Waals surface area contributed by atoms with E-state index in [0.29, 0.717) is 24.5 Å². The number of aryl methyl sites for hydroxylation is 1. The minimum atomic E-state index is -4.37. The third-order valence-corrected chi connectivity index (χ3v) is 3.57. The molecule has 0 atom stereocenters. The van der Waals surface area contributed by atoms with Crippen molar-refractivity contribution in [2.75, 3.05) is 7.05 Å². The van der Waals surface area contributed by atoms with Crippen LogP contribution in [0.4, 0.5) is 13.2 Å². The van der Waals surface area contributed by atoms with Crippen LogP contribution in [0.3, 0.4) is 0 Å². The van der Waals surface area contributed by atoms with Crippen molar-refractivity contribution < 1.29 is 22.1 Å². The topological polar surface area (TPSA) is 55.3 Å². The largest absolute Gasteiger partial charge is 0.465 e. The fraction of sp³-hybridized carbons (Fsp3) is 0.294. The van der Waals surface area contributed by atoms with Gasteiger partial charge in [-0.15, -0.1) is 0 Å². The Hall–Kier alpha value is -2.61. The summed E-state index contributed by atoms with van der Waals surface area (Å²) in [5, 5.41) is 3.83. The number of aromatic nitrogens is 2. The third kappa shape index (κ3) is 4.27. The van der Waals surface area contributed by atoms with Gasteiger partial charge in [-0.1, -0.05) is 17.3 Å². The van der Waals surface area contributed by atoms with Gasteiger partial charge in [0, 0.05) is 5.56 Å². The Kier molecular flexibility index (Phi) is 4.63. The minimum Gasteiger partial charge on any atom is -0.465 e. The van der Waals surface area contributed by atoms with E-state index < -0.39 is 11.7 Å². The number of alkyl halides is 3. The molecule has 3 aromatic rings. The van der Waals surface area contributed by atoms with Gasteiger partial charge in [-0.3, -0.25) is 4.90 Å². The van der Waals surface area contributed by atoms with E-state index >= 15 is 0 Å². The fourth-order valence-electron chi connectivity index (χ4n) is 2.37. The molecule has 0 aliphatic heterocycles. The summed E-state index contributed by atoms with van der Waals surface area (Å²) in [6.45, 7) is 2.84. The molecule has 2 heterocycles.